The van der Waals surface area contributed by atoms with E-state index >= 15 is 0 Å². The summed E-state index contributed by atoms with van der Waals surface area (Å²) in [6.07, 6.45) is 3.58. The van der Waals surface area contributed by atoms with Gasteiger partial charge in [0.1, 0.15) is 0 Å². The lowest BCUT2D eigenvalue weighted by atomic mass is 9.98. The number of aliphatic hydroxyl groups is 2. The van der Waals surface area contributed by atoms with Crippen LogP contribution in [0.15, 0.2) is 0 Å². The Morgan fingerprint density at radius 2 is 2.27 bits per heavy atom. The van der Waals surface area contributed by atoms with Crippen molar-refractivity contribution < 1.29 is 10.2 Å². The standard InChI is InChI=1S/C8H17NO2/c10-6-4-8(11)7-3-1-2-5-9-7/h7-11H,1-6H2. The van der Waals surface area contributed by atoms with Crippen molar-refractivity contribution in [2.45, 2.75) is 37.8 Å². The van der Waals surface area contributed by atoms with Gasteiger partial charge in [-0.15, -0.1) is 0 Å². The predicted molar refractivity (Wildman–Crippen MR) is 43.4 cm³/mol. The van der Waals surface area contributed by atoms with E-state index in [1.54, 1.807) is 0 Å². The van der Waals surface area contributed by atoms with Crippen LogP contribution >= 0.6 is 0 Å². The molecule has 0 radical (unpaired) electrons. The molecule has 0 bridgehead atoms. The highest BCUT2D eigenvalue weighted by Gasteiger charge is 2.19. The van der Waals surface area contributed by atoms with Crippen molar-refractivity contribution in [3.8, 4) is 0 Å². The molecule has 1 heterocycles. The Hall–Kier alpha value is -0.120. The first-order chi connectivity index (χ1) is 5.34. The van der Waals surface area contributed by atoms with Crippen molar-refractivity contribution in [2.75, 3.05) is 13.2 Å². The van der Waals surface area contributed by atoms with Crippen LogP contribution in [0.2, 0.25) is 0 Å². The van der Waals surface area contributed by atoms with E-state index in [2.05, 4.69) is 5.32 Å². The molecule has 1 saturated heterocycles. The molecule has 0 aromatic carbocycles. The number of nitrogens with one attached hydrogen (secondary N) is 1. The van der Waals surface area contributed by atoms with Crippen LogP contribution in [0.5, 0.6) is 0 Å². The van der Waals surface area contributed by atoms with Crippen molar-refractivity contribution in [1.29, 1.82) is 0 Å². The molecule has 2 atom stereocenters. The number of rotatable bonds is 3. The molecule has 1 rings (SSSR count). The average Bonchev–Trinajstić information content (AvgIpc) is 2.07. The van der Waals surface area contributed by atoms with Gasteiger partial charge in [-0.25, -0.2) is 0 Å². The Morgan fingerprint density at radius 3 is 2.82 bits per heavy atom. The topological polar surface area (TPSA) is 52.5 Å². The molecule has 0 aromatic heterocycles. The van der Waals surface area contributed by atoms with E-state index in [1.807, 2.05) is 0 Å². The second-order valence-corrected chi connectivity index (χ2v) is 3.14. The molecular weight excluding hydrogens is 142 g/mol. The molecule has 1 aliphatic heterocycles. The van der Waals surface area contributed by atoms with Gasteiger partial charge in [0.15, 0.2) is 0 Å². The van der Waals surface area contributed by atoms with E-state index in [9.17, 15) is 5.11 Å². The summed E-state index contributed by atoms with van der Waals surface area (Å²) >= 11 is 0. The van der Waals surface area contributed by atoms with E-state index in [-0.39, 0.29) is 18.8 Å². The van der Waals surface area contributed by atoms with Crippen molar-refractivity contribution in [3.05, 3.63) is 0 Å². The lowest BCUT2D eigenvalue weighted by molar-refractivity contribution is 0.0849. The molecule has 0 spiro atoms. The molecule has 66 valence electrons. The Kier molecular flexibility index (Phi) is 3.83. The Balaban J connectivity index is 2.21. The Labute approximate surface area is 67.4 Å². The highest BCUT2D eigenvalue weighted by atomic mass is 16.3. The molecule has 2 unspecified atom stereocenters. The van der Waals surface area contributed by atoms with Gasteiger partial charge in [0.2, 0.25) is 0 Å². The van der Waals surface area contributed by atoms with Crippen molar-refractivity contribution in [3.63, 3.8) is 0 Å². The van der Waals surface area contributed by atoms with Crippen molar-refractivity contribution >= 4 is 0 Å². The minimum Gasteiger partial charge on any atom is -0.396 e. The fourth-order valence-electron chi connectivity index (χ4n) is 1.54. The minimum absolute atomic E-state index is 0.0827. The molecule has 11 heavy (non-hydrogen) atoms. The number of hydrogen-bond donors (Lipinski definition) is 3. The quantitative estimate of drug-likeness (QED) is 0.538. The third-order valence-corrected chi connectivity index (χ3v) is 2.24. The third kappa shape index (κ3) is 2.77. The van der Waals surface area contributed by atoms with Crippen LogP contribution in [-0.4, -0.2) is 35.5 Å². The van der Waals surface area contributed by atoms with Crippen LogP contribution in [0.3, 0.4) is 0 Å². The molecule has 0 amide bonds. The van der Waals surface area contributed by atoms with Crippen LogP contribution in [0.25, 0.3) is 0 Å². The van der Waals surface area contributed by atoms with E-state index in [0.717, 1.165) is 13.0 Å². The summed E-state index contributed by atoms with van der Waals surface area (Å²) in [4.78, 5) is 0. The van der Waals surface area contributed by atoms with Crippen LogP contribution in [0.4, 0.5) is 0 Å². The first-order valence-electron chi connectivity index (χ1n) is 4.37. The molecule has 0 saturated carbocycles. The van der Waals surface area contributed by atoms with Gasteiger partial charge in [-0.2, -0.15) is 0 Å². The van der Waals surface area contributed by atoms with Gasteiger partial charge in [-0.3, -0.25) is 0 Å². The fourth-order valence-corrected chi connectivity index (χ4v) is 1.54. The van der Waals surface area contributed by atoms with Gasteiger partial charge >= 0.3 is 0 Å². The zero-order chi connectivity index (χ0) is 8.10. The highest BCUT2D eigenvalue weighted by Crippen LogP contribution is 2.11. The lowest BCUT2D eigenvalue weighted by Crippen LogP contribution is -2.43. The number of hydrogen-bond acceptors (Lipinski definition) is 3. The zero-order valence-corrected chi connectivity index (χ0v) is 6.79. The van der Waals surface area contributed by atoms with Crippen molar-refractivity contribution in [1.82, 2.24) is 5.32 Å². The van der Waals surface area contributed by atoms with Gasteiger partial charge in [0.25, 0.3) is 0 Å². The molecule has 3 N–H and O–H groups in total. The second-order valence-electron chi connectivity index (χ2n) is 3.14. The number of aliphatic hydroxyl groups excluding tert-OH is 2. The number of piperidine rings is 1. The van der Waals surface area contributed by atoms with E-state index in [1.165, 1.54) is 12.8 Å². The Morgan fingerprint density at radius 1 is 1.45 bits per heavy atom. The third-order valence-electron chi connectivity index (χ3n) is 2.24. The van der Waals surface area contributed by atoms with Crippen LogP contribution in [0, 0.1) is 0 Å². The Bertz CT molecular complexity index is 102. The smallest absolute Gasteiger partial charge is 0.0715 e. The molecule has 0 aliphatic carbocycles. The minimum atomic E-state index is -0.361. The second kappa shape index (κ2) is 4.70. The summed E-state index contributed by atoms with van der Waals surface area (Å²) in [7, 11) is 0. The van der Waals surface area contributed by atoms with Gasteiger partial charge in [-0.05, 0) is 25.8 Å². The molecular formula is C8H17NO2. The maximum absolute atomic E-state index is 9.45. The van der Waals surface area contributed by atoms with Crippen molar-refractivity contribution in [2.24, 2.45) is 0 Å². The summed E-state index contributed by atoms with van der Waals surface area (Å²) in [5.41, 5.74) is 0. The summed E-state index contributed by atoms with van der Waals surface area (Å²) < 4.78 is 0. The SMILES string of the molecule is OCCC(O)C1CCCCN1. The van der Waals surface area contributed by atoms with Gasteiger partial charge in [0.05, 0.1) is 6.10 Å². The zero-order valence-electron chi connectivity index (χ0n) is 6.79. The van der Waals surface area contributed by atoms with Gasteiger partial charge < -0.3 is 15.5 Å². The van der Waals surface area contributed by atoms with E-state index < -0.39 is 0 Å². The molecule has 0 aromatic rings. The average molecular weight is 159 g/mol. The lowest BCUT2D eigenvalue weighted by Gasteiger charge is -2.27. The van der Waals surface area contributed by atoms with Gasteiger partial charge in [0, 0.05) is 12.6 Å². The van der Waals surface area contributed by atoms with E-state index in [0.29, 0.717) is 6.42 Å². The summed E-state index contributed by atoms with van der Waals surface area (Å²) in [5, 5.41) is 21.3. The van der Waals surface area contributed by atoms with Crippen LogP contribution in [-0.2, 0) is 0 Å². The normalized spacial score (nSPS) is 28.4. The summed E-state index contributed by atoms with van der Waals surface area (Å²) in [6.45, 7) is 1.09. The molecule has 3 heteroatoms. The fraction of sp³-hybridized carbons (Fsp3) is 1.00. The monoisotopic (exact) mass is 159 g/mol. The maximum atomic E-state index is 9.45. The van der Waals surface area contributed by atoms with E-state index in [4.69, 9.17) is 5.11 Å². The molecule has 1 fully saturated rings. The summed E-state index contributed by atoms with van der Waals surface area (Å²) in [6, 6.07) is 0.218. The first kappa shape index (κ1) is 8.97. The maximum Gasteiger partial charge on any atom is 0.0715 e. The first-order valence-corrected chi connectivity index (χ1v) is 4.37. The van der Waals surface area contributed by atoms with Gasteiger partial charge in [-0.1, -0.05) is 6.42 Å². The molecule has 1 aliphatic rings. The summed E-state index contributed by atoms with van der Waals surface area (Å²) in [5.74, 6) is 0. The predicted octanol–water partition coefficient (Wildman–Crippen LogP) is -0.128. The highest BCUT2D eigenvalue weighted by molar-refractivity contribution is 4.78. The van der Waals surface area contributed by atoms with Crippen LogP contribution in [0.1, 0.15) is 25.7 Å². The molecule has 3 nitrogen and oxygen atoms in total. The van der Waals surface area contributed by atoms with Crippen LogP contribution < -0.4 is 5.32 Å². The largest absolute Gasteiger partial charge is 0.396 e.